The number of benzene rings is 1. The number of carbonyl (C=O) groups excluding carboxylic acids is 2. The van der Waals surface area contributed by atoms with Crippen LogP contribution in [0.1, 0.15) is 18.4 Å². The van der Waals surface area contributed by atoms with Crippen molar-refractivity contribution in [3.63, 3.8) is 0 Å². The van der Waals surface area contributed by atoms with Crippen molar-refractivity contribution >= 4 is 17.6 Å². The first-order chi connectivity index (χ1) is 12.7. The molecular weight excluding hydrogens is 334 g/mol. The fourth-order valence-corrected chi connectivity index (χ4v) is 3.06. The van der Waals surface area contributed by atoms with Crippen LogP contribution in [0, 0.1) is 0 Å². The fourth-order valence-electron chi connectivity index (χ4n) is 3.06. The zero-order chi connectivity index (χ0) is 17.9. The lowest BCUT2D eigenvalue weighted by Crippen LogP contribution is -2.43. The molecule has 3 heterocycles. The monoisotopic (exact) mass is 353 g/mol. The number of aromatic nitrogens is 1. The molecule has 134 valence electrons. The Morgan fingerprint density at radius 1 is 1.27 bits per heavy atom. The highest BCUT2D eigenvalue weighted by molar-refractivity contribution is 5.94. The predicted octanol–water partition coefficient (Wildman–Crippen LogP) is 1.66. The van der Waals surface area contributed by atoms with Gasteiger partial charge in [0.05, 0.1) is 0 Å². The van der Waals surface area contributed by atoms with E-state index >= 15 is 0 Å². The lowest BCUT2D eigenvalue weighted by Gasteiger charge is -2.25. The van der Waals surface area contributed by atoms with E-state index in [1.807, 2.05) is 30.3 Å². The lowest BCUT2D eigenvalue weighted by molar-refractivity contribution is -0.130. The van der Waals surface area contributed by atoms with Gasteiger partial charge in [0.15, 0.2) is 11.5 Å². The summed E-state index contributed by atoms with van der Waals surface area (Å²) in [6.07, 6.45) is 2.37. The number of rotatable bonds is 4. The molecule has 7 nitrogen and oxygen atoms in total. The minimum Gasteiger partial charge on any atom is -0.485 e. The summed E-state index contributed by atoms with van der Waals surface area (Å²) in [6.45, 7) is 1.19. The van der Waals surface area contributed by atoms with Gasteiger partial charge in [0.2, 0.25) is 12.0 Å². The number of para-hydroxylation sites is 2. The van der Waals surface area contributed by atoms with E-state index in [-0.39, 0.29) is 18.4 Å². The van der Waals surface area contributed by atoms with Gasteiger partial charge in [-0.05, 0) is 36.2 Å². The van der Waals surface area contributed by atoms with Gasteiger partial charge >= 0.3 is 0 Å². The van der Waals surface area contributed by atoms with E-state index in [2.05, 4.69) is 10.3 Å². The van der Waals surface area contributed by atoms with Gasteiger partial charge < -0.3 is 14.8 Å². The van der Waals surface area contributed by atoms with Crippen molar-refractivity contribution in [3.8, 4) is 11.5 Å². The minimum absolute atomic E-state index is 0.0881. The third-order valence-corrected chi connectivity index (χ3v) is 4.43. The molecule has 1 unspecified atom stereocenters. The van der Waals surface area contributed by atoms with E-state index in [4.69, 9.17) is 9.47 Å². The number of anilines is 1. The Morgan fingerprint density at radius 3 is 2.92 bits per heavy atom. The maximum absolute atomic E-state index is 12.4. The summed E-state index contributed by atoms with van der Waals surface area (Å²) < 4.78 is 11.3. The number of hydrogen-bond acceptors (Lipinski definition) is 5. The van der Waals surface area contributed by atoms with Crippen LogP contribution in [0.15, 0.2) is 42.6 Å². The van der Waals surface area contributed by atoms with Crippen molar-refractivity contribution in [1.82, 2.24) is 10.3 Å². The van der Waals surface area contributed by atoms with Crippen molar-refractivity contribution < 1.29 is 19.1 Å². The average Bonchev–Trinajstić information content (AvgIpc) is 3.12. The maximum atomic E-state index is 12.4. The second-order valence-electron chi connectivity index (χ2n) is 6.25. The van der Waals surface area contributed by atoms with Crippen LogP contribution in [-0.4, -0.2) is 36.1 Å². The van der Waals surface area contributed by atoms with E-state index in [1.165, 1.54) is 0 Å². The topological polar surface area (TPSA) is 80.8 Å². The number of nitrogens with zero attached hydrogens (tertiary/aromatic N) is 2. The summed E-state index contributed by atoms with van der Waals surface area (Å²) in [5.74, 6) is 1.69. The highest BCUT2D eigenvalue weighted by Crippen LogP contribution is 2.30. The second-order valence-corrected chi connectivity index (χ2v) is 6.25. The number of nitrogens with one attached hydrogen (secondary N) is 1. The summed E-state index contributed by atoms with van der Waals surface area (Å²) in [6, 6.07) is 10.9. The van der Waals surface area contributed by atoms with Gasteiger partial charge in [-0.25, -0.2) is 4.98 Å². The number of amides is 2. The van der Waals surface area contributed by atoms with E-state index in [0.717, 1.165) is 12.0 Å². The van der Waals surface area contributed by atoms with Crippen LogP contribution in [0.3, 0.4) is 0 Å². The second kappa shape index (κ2) is 7.03. The van der Waals surface area contributed by atoms with Crippen LogP contribution in [0.5, 0.6) is 11.5 Å². The molecule has 0 spiro atoms. The maximum Gasteiger partial charge on any atom is 0.264 e. The first kappa shape index (κ1) is 16.4. The predicted molar refractivity (Wildman–Crippen MR) is 94.0 cm³/mol. The van der Waals surface area contributed by atoms with Gasteiger partial charge in [-0.3, -0.25) is 14.5 Å². The van der Waals surface area contributed by atoms with Crippen LogP contribution in [-0.2, 0) is 16.1 Å². The molecule has 1 aromatic heterocycles. The molecule has 1 N–H and O–H groups in total. The molecule has 2 aliphatic rings. The summed E-state index contributed by atoms with van der Waals surface area (Å²) in [4.78, 5) is 30.2. The Kier molecular flexibility index (Phi) is 4.43. The number of ether oxygens (including phenoxy) is 2. The Bertz CT molecular complexity index is 839. The van der Waals surface area contributed by atoms with Crippen molar-refractivity contribution in [2.75, 3.05) is 18.1 Å². The number of fused-ring (bicyclic) bond motifs is 1. The van der Waals surface area contributed by atoms with Crippen LogP contribution < -0.4 is 19.7 Å². The molecule has 2 aromatic rings. The molecule has 0 saturated carbocycles. The number of pyridine rings is 1. The first-order valence-electron chi connectivity index (χ1n) is 8.62. The van der Waals surface area contributed by atoms with Gasteiger partial charge in [-0.1, -0.05) is 12.1 Å². The molecule has 2 amide bonds. The molecule has 4 rings (SSSR count). The third-order valence-electron chi connectivity index (χ3n) is 4.43. The summed E-state index contributed by atoms with van der Waals surface area (Å²) in [5, 5.41) is 2.85. The molecule has 2 aliphatic heterocycles. The molecule has 1 saturated heterocycles. The van der Waals surface area contributed by atoms with Gasteiger partial charge in [-0.15, -0.1) is 0 Å². The highest BCUT2D eigenvalue weighted by Gasteiger charge is 2.27. The van der Waals surface area contributed by atoms with Crippen molar-refractivity contribution in [1.29, 1.82) is 0 Å². The van der Waals surface area contributed by atoms with Gasteiger partial charge in [0.25, 0.3) is 5.91 Å². The van der Waals surface area contributed by atoms with Crippen LogP contribution >= 0.6 is 0 Å². The van der Waals surface area contributed by atoms with Crippen LogP contribution in [0.2, 0.25) is 0 Å². The van der Waals surface area contributed by atoms with Gasteiger partial charge in [0, 0.05) is 25.7 Å². The molecule has 0 bridgehead atoms. The van der Waals surface area contributed by atoms with Crippen LogP contribution in [0.4, 0.5) is 5.82 Å². The standard InChI is InChI=1S/C19H19N3O4/c23-18-6-3-9-22(18)17-10-13(7-8-20-17)11-21-19(24)16-12-25-14-4-1-2-5-15(14)26-16/h1-2,4-5,7-8,10,16H,3,6,9,11-12H2,(H,21,24). The van der Waals surface area contributed by atoms with Crippen molar-refractivity contribution in [3.05, 3.63) is 48.2 Å². The van der Waals surface area contributed by atoms with Crippen molar-refractivity contribution in [2.45, 2.75) is 25.5 Å². The van der Waals surface area contributed by atoms with E-state index in [9.17, 15) is 9.59 Å². The Balaban J connectivity index is 1.37. The van der Waals surface area contributed by atoms with E-state index in [0.29, 0.717) is 36.8 Å². The summed E-state index contributed by atoms with van der Waals surface area (Å²) in [7, 11) is 0. The first-order valence-corrected chi connectivity index (χ1v) is 8.62. The summed E-state index contributed by atoms with van der Waals surface area (Å²) >= 11 is 0. The molecule has 0 radical (unpaired) electrons. The van der Waals surface area contributed by atoms with Gasteiger partial charge in [0.1, 0.15) is 12.4 Å². The molecule has 1 atom stereocenters. The normalized spacial score (nSPS) is 18.7. The minimum atomic E-state index is -0.689. The third kappa shape index (κ3) is 3.33. The van der Waals surface area contributed by atoms with E-state index < -0.39 is 6.10 Å². The molecule has 7 heteroatoms. The number of hydrogen-bond donors (Lipinski definition) is 1. The lowest BCUT2D eigenvalue weighted by atomic mass is 10.2. The average molecular weight is 353 g/mol. The molecule has 26 heavy (non-hydrogen) atoms. The largest absolute Gasteiger partial charge is 0.485 e. The van der Waals surface area contributed by atoms with Crippen molar-refractivity contribution in [2.24, 2.45) is 0 Å². The Hall–Kier alpha value is -3.09. The Labute approximate surface area is 150 Å². The molecule has 1 aromatic carbocycles. The quantitative estimate of drug-likeness (QED) is 0.904. The van der Waals surface area contributed by atoms with E-state index in [1.54, 1.807) is 17.2 Å². The smallest absolute Gasteiger partial charge is 0.264 e. The zero-order valence-electron chi connectivity index (χ0n) is 14.2. The zero-order valence-corrected chi connectivity index (χ0v) is 14.2. The Morgan fingerprint density at radius 2 is 2.12 bits per heavy atom. The SMILES string of the molecule is O=C(NCc1ccnc(N2CCCC2=O)c1)C1COc2ccccc2O1. The summed E-state index contributed by atoms with van der Waals surface area (Å²) in [5.41, 5.74) is 0.875. The molecule has 0 aliphatic carbocycles. The highest BCUT2D eigenvalue weighted by atomic mass is 16.6. The van der Waals surface area contributed by atoms with Gasteiger partial charge in [-0.2, -0.15) is 0 Å². The fraction of sp³-hybridized carbons (Fsp3) is 0.316. The molecular formula is C19H19N3O4. The van der Waals surface area contributed by atoms with Crippen LogP contribution in [0.25, 0.3) is 0 Å². The molecule has 1 fully saturated rings. The number of carbonyl (C=O) groups is 2.